The fourth-order valence-corrected chi connectivity index (χ4v) is 2.52. The molecule has 1 saturated heterocycles. The van der Waals surface area contributed by atoms with Crippen molar-refractivity contribution in [2.75, 3.05) is 39.8 Å². The Morgan fingerprint density at radius 2 is 1.59 bits per heavy atom. The molecule has 3 heteroatoms. The number of rotatable bonds is 7. The van der Waals surface area contributed by atoms with Crippen LogP contribution in [0.3, 0.4) is 0 Å². The minimum atomic E-state index is 0.310. The minimum absolute atomic E-state index is 0.310. The molecule has 0 aromatic carbocycles. The van der Waals surface area contributed by atoms with Gasteiger partial charge in [0, 0.05) is 32.1 Å². The molecule has 0 amide bonds. The lowest BCUT2D eigenvalue weighted by molar-refractivity contribution is -0.124. The summed E-state index contributed by atoms with van der Waals surface area (Å²) in [5.74, 6) is 0.780. The average Bonchev–Trinajstić information content (AvgIpc) is 2.32. The van der Waals surface area contributed by atoms with Gasteiger partial charge in [0.15, 0.2) is 0 Å². The quantitative estimate of drug-likeness (QED) is 0.680. The van der Waals surface area contributed by atoms with Gasteiger partial charge in [0.05, 0.1) is 6.54 Å². The molecule has 0 radical (unpaired) electrons. The first-order valence-electron chi connectivity index (χ1n) is 7.11. The second-order valence-corrected chi connectivity index (χ2v) is 5.32. The SMILES string of the molecule is CCCC(CCC)C(=O)CN1CCN(C)CC1. The number of nitrogens with zero attached hydrogens (tertiary/aromatic N) is 2. The van der Waals surface area contributed by atoms with Crippen LogP contribution in [0.25, 0.3) is 0 Å². The number of likely N-dealkylation sites (N-methyl/N-ethyl adjacent to an activating group) is 1. The maximum absolute atomic E-state index is 12.2. The number of carbonyl (C=O) groups is 1. The summed E-state index contributed by atoms with van der Waals surface area (Å²) in [7, 11) is 2.15. The molecule has 1 aliphatic rings. The third kappa shape index (κ3) is 5.17. The maximum Gasteiger partial charge on any atom is 0.149 e. The molecule has 1 fully saturated rings. The summed E-state index contributed by atoms with van der Waals surface area (Å²) in [5, 5.41) is 0. The lowest BCUT2D eigenvalue weighted by Gasteiger charge is -2.32. The molecule has 0 spiro atoms. The summed E-state index contributed by atoms with van der Waals surface area (Å²) in [6.45, 7) is 9.31. The third-order valence-corrected chi connectivity index (χ3v) is 3.70. The number of hydrogen-bond donors (Lipinski definition) is 0. The molecule has 0 bridgehead atoms. The fourth-order valence-electron chi connectivity index (χ4n) is 2.52. The first-order valence-corrected chi connectivity index (χ1v) is 7.11. The Kier molecular flexibility index (Phi) is 6.75. The van der Waals surface area contributed by atoms with Gasteiger partial charge in [-0.15, -0.1) is 0 Å². The van der Waals surface area contributed by atoms with Crippen LogP contribution < -0.4 is 0 Å². The van der Waals surface area contributed by atoms with Gasteiger partial charge >= 0.3 is 0 Å². The van der Waals surface area contributed by atoms with E-state index in [2.05, 4.69) is 30.7 Å². The predicted molar refractivity (Wildman–Crippen MR) is 72.3 cm³/mol. The Hall–Kier alpha value is -0.410. The van der Waals surface area contributed by atoms with Crippen molar-refractivity contribution in [3.05, 3.63) is 0 Å². The van der Waals surface area contributed by atoms with Crippen LogP contribution in [0.15, 0.2) is 0 Å². The van der Waals surface area contributed by atoms with Crippen LogP contribution in [-0.4, -0.2) is 55.4 Å². The fraction of sp³-hybridized carbons (Fsp3) is 0.929. The largest absolute Gasteiger partial charge is 0.304 e. The highest BCUT2D eigenvalue weighted by atomic mass is 16.1. The molecule has 1 aliphatic heterocycles. The van der Waals surface area contributed by atoms with Crippen molar-refractivity contribution in [2.24, 2.45) is 5.92 Å². The van der Waals surface area contributed by atoms with Crippen LogP contribution in [0, 0.1) is 5.92 Å². The van der Waals surface area contributed by atoms with Crippen LogP contribution in [-0.2, 0) is 4.79 Å². The van der Waals surface area contributed by atoms with Gasteiger partial charge < -0.3 is 4.90 Å². The Morgan fingerprint density at radius 1 is 1.06 bits per heavy atom. The Bertz CT molecular complexity index is 216. The molecule has 0 aliphatic carbocycles. The number of ketones is 1. The topological polar surface area (TPSA) is 23.6 Å². The molecule has 0 aromatic rings. The van der Waals surface area contributed by atoms with Gasteiger partial charge in [-0.2, -0.15) is 0 Å². The van der Waals surface area contributed by atoms with Crippen molar-refractivity contribution in [3.63, 3.8) is 0 Å². The van der Waals surface area contributed by atoms with E-state index in [0.29, 0.717) is 18.2 Å². The molecule has 1 rings (SSSR count). The summed E-state index contributed by atoms with van der Waals surface area (Å²) >= 11 is 0. The second kappa shape index (κ2) is 7.83. The summed E-state index contributed by atoms with van der Waals surface area (Å²) in [6.07, 6.45) is 4.39. The van der Waals surface area contributed by atoms with E-state index in [-0.39, 0.29) is 0 Å². The molecule has 3 nitrogen and oxygen atoms in total. The Labute approximate surface area is 106 Å². The number of Topliss-reactive ketones (excluding diaryl/α,β-unsaturated/α-hetero) is 1. The highest BCUT2D eigenvalue weighted by Crippen LogP contribution is 2.15. The average molecular weight is 240 g/mol. The summed E-state index contributed by atoms with van der Waals surface area (Å²) in [6, 6.07) is 0. The number of carbonyl (C=O) groups excluding carboxylic acids is 1. The zero-order chi connectivity index (χ0) is 12.7. The lowest BCUT2D eigenvalue weighted by Crippen LogP contribution is -2.47. The number of piperazine rings is 1. The standard InChI is InChI=1S/C14H28N2O/c1-4-6-13(7-5-2)14(17)12-16-10-8-15(3)9-11-16/h13H,4-12H2,1-3H3. The first-order chi connectivity index (χ1) is 8.17. The molecule has 0 N–H and O–H groups in total. The molecule has 17 heavy (non-hydrogen) atoms. The van der Waals surface area contributed by atoms with Crippen LogP contribution in [0.2, 0.25) is 0 Å². The summed E-state index contributed by atoms with van der Waals surface area (Å²) in [4.78, 5) is 16.9. The molecule has 0 unspecified atom stereocenters. The van der Waals surface area contributed by atoms with Crippen molar-refractivity contribution in [3.8, 4) is 0 Å². The van der Waals surface area contributed by atoms with E-state index in [9.17, 15) is 4.79 Å². The van der Waals surface area contributed by atoms with Gasteiger partial charge in [0.25, 0.3) is 0 Å². The maximum atomic E-state index is 12.2. The summed E-state index contributed by atoms with van der Waals surface area (Å²) < 4.78 is 0. The van der Waals surface area contributed by atoms with E-state index in [1.165, 1.54) is 0 Å². The van der Waals surface area contributed by atoms with Crippen molar-refractivity contribution in [1.29, 1.82) is 0 Å². The van der Waals surface area contributed by atoms with Gasteiger partial charge in [-0.25, -0.2) is 0 Å². The molecular formula is C14H28N2O. The van der Waals surface area contributed by atoms with Gasteiger partial charge in [0.2, 0.25) is 0 Å². The summed E-state index contributed by atoms with van der Waals surface area (Å²) in [5.41, 5.74) is 0. The highest BCUT2D eigenvalue weighted by molar-refractivity contribution is 5.82. The first kappa shape index (κ1) is 14.7. The predicted octanol–water partition coefficient (Wildman–Crippen LogP) is 2.02. The monoisotopic (exact) mass is 240 g/mol. The molecule has 100 valence electrons. The number of hydrogen-bond acceptors (Lipinski definition) is 3. The molecule has 0 saturated carbocycles. The Morgan fingerprint density at radius 3 is 2.06 bits per heavy atom. The van der Waals surface area contributed by atoms with Gasteiger partial charge in [-0.3, -0.25) is 9.69 Å². The lowest BCUT2D eigenvalue weighted by atomic mass is 9.93. The molecular weight excluding hydrogens is 212 g/mol. The zero-order valence-corrected chi connectivity index (χ0v) is 11.7. The van der Waals surface area contributed by atoms with Crippen LogP contribution in [0.5, 0.6) is 0 Å². The molecule has 0 atom stereocenters. The van der Waals surface area contributed by atoms with Crippen LogP contribution in [0.1, 0.15) is 39.5 Å². The van der Waals surface area contributed by atoms with Gasteiger partial charge in [-0.05, 0) is 19.9 Å². The zero-order valence-electron chi connectivity index (χ0n) is 11.7. The minimum Gasteiger partial charge on any atom is -0.304 e. The van der Waals surface area contributed by atoms with Crippen molar-refractivity contribution >= 4 is 5.78 Å². The van der Waals surface area contributed by atoms with E-state index in [1.807, 2.05) is 0 Å². The van der Waals surface area contributed by atoms with E-state index in [1.54, 1.807) is 0 Å². The third-order valence-electron chi connectivity index (χ3n) is 3.70. The normalized spacial score (nSPS) is 18.8. The van der Waals surface area contributed by atoms with E-state index >= 15 is 0 Å². The smallest absolute Gasteiger partial charge is 0.149 e. The highest BCUT2D eigenvalue weighted by Gasteiger charge is 2.21. The molecule has 0 aromatic heterocycles. The van der Waals surface area contributed by atoms with E-state index in [4.69, 9.17) is 0 Å². The van der Waals surface area contributed by atoms with E-state index < -0.39 is 0 Å². The van der Waals surface area contributed by atoms with Crippen LogP contribution >= 0.6 is 0 Å². The van der Waals surface area contributed by atoms with Crippen LogP contribution in [0.4, 0.5) is 0 Å². The van der Waals surface area contributed by atoms with Crippen molar-refractivity contribution in [2.45, 2.75) is 39.5 Å². The second-order valence-electron chi connectivity index (χ2n) is 5.32. The van der Waals surface area contributed by atoms with Crippen molar-refractivity contribution in [1.82, 2.24) is 9.80 Å². The Balaban J connectivity index is 2.35. The van der Waals surface area contributed by atoms with Crippen molar-refractivity contribution < 1.29 is 4.79 Å². The molecule has 1 heterocycles. The van der Waals surface area contributed by atoms with Gasteiger partial charge in [0.1, 0.15) is 5.78 Å². The van der Waals surface area contributed by atoms with Gasteiger partial charge in [-0.1, -0.05) is 26.7 Å². The van der Waals surface area contributed by atoms with E-state index in [0.717, 1.165) is 51.9 Å².